The van der Waals surface area contributed by atoms with Crippen molar-refractivity contribution < 1.29 is 14.3 Å². The van der Waals surface area contributed by atoms with Crippen molar-refractivity contribution in [3.05, 3.63) is 41.7 Å². The summed E-state index contributed by atoms with van der Waals surface area (Å²) < 4.78 is 15.0. The lowest BCUT2D eigenvalue weighted by Gasteiger charge is -2.25. The molecule has 0 saturated heterocycles. The fourth-order valence-corrected chi connectivity index (χ4v) is 2.17. The van der Waals surface area contributed by atoms with E-state index in [1.807, 2.05) is 34.6 Å². The average molecular weight is 348 g/mol. The molecule has 1 heterocycles. The van der Waals surface area contributed by atoms with Crippen LogP contribution in [0.15, 0.2) is 24.3 Å². The van der Waals surface area contributed by atoms with Crippen LogP contribution < -0.4 is 5.32 Å². The largest absolute Gasteiger partial charge is 0.391 e. The van der Waals surface area contributed by atoms with Crippen LogP contribution in [0.1, 0.15) is 57.0 Å². The van der Waals surface area contributed by atoms with Crippen molar-refractivity contribution in [1.82, 2.24) is 20.1 Å². The van der Waals surface area contributed by atoms with Crippen LogP contribution in [0.3, 0.4) is 0 Å². The standard InChI is InChI=1S/C18H25FN4O2/c1-11(2)16-21-15(17(25)20-10-14(24)18(3,4)5)22-23(16)13-8-6-7-12(19)9-13/h6-9,11,14,24H,10H2,1-5H3,(H,20,25). The van der Waals surface area contributed by atoms with Crippen molar-refractivity contribution in [3.63, 3.8) is 0 Å². The molecule has 1 amide bonds. The van der Waals surface area contributed by atoms with Crippen molar-refractivity contribution >= 4 is 5.91 Å². The first-order valence-corrected chi connectivity index (χ1v) is 8.28. The molecule has 136 valence electrons. The number of aliphatic hydroxyl groups is 1. The van der Waals surface area contributed by atoms with Crippen LogP contribution in [-0.2, 0) is 0 Å². The molecule has 0 saturated carbocycles. The molecular weight excluding hydrogens is 323 g/mol. The minimum atomic E-state index is -0.689. The van der Waals surface area contributed by atoms with Crippen LogP contribution in [-0.4, -0.2) is 38.4 Å². The Morgan fingerprint density at radius 2 is 2.04 bits per heavy atom. The first-order valence-electron chi connectivity index (χ1n) is 8.28. The second-order valence-electron chi connectivity index (χ2n) is 7.43. The van der Waals surface area contributed by atoms with Crippen molar-refractivity contribution in [2.75, 3.05) is 6.54 Å². The minimum absolute atomic E-state index is 0.00233. The zero-order valence-electron chi connectivity index (χ0n) is 15.2. The molecule has 2 aromatic rings. The zero-order valence-corrected chi connectivity index (χ0v) is 15.2. The van der Waals surface area contributed by atoms with Gasteiger partial charge in [0, 0.05) is 12.5 Å². The Bertz CT molecular complexity index is 750. The number of aliphatic hydroxyl groups excluding tert-OH is 1. The lowest BCUT2D eigenvalue weighted by molar-refractivity contribution is 0.0584. The number of benzene rings is 1. The van der Waals surface area contributed by atoms with Crippen LogP contribution in [0.4, 0.5) is 4.39 Å². The molecule has 0 bridgehead atoms. The Kier molecular flexibility index (Phi) is 5.57. The second-order valence-corrected chi connectivity index (χ2v) is 7.43. The maximum Gasteiger partial charge on any atom is 0.291 e. The maximum absolute atomic E-state index is 13.5. The molecule has 0 aliphatic rings. The number of aromatic nitrogens is 3. The quantitative estimate of drug-likeness (QED) is 0.870. The van der Waals surface area contributed by atoms with E-state index in [1.165, 1.54) is 16.8 Å². The molecule has 6 nitrogen and oxygen atoms in total. The van der Waals surface area contributed by atoms with Gasteiger partial charge in [-0.15, -0.1) is 5.10 Å². The normalized spacial score (nSPS) is 13.1. The van der Waals surface area contributed by atoms with Gasteiger partial charge in [0.1, 0.15) is 11.6 Å². The van der Waals surface area contributed by atoms with Crippen molar-refractivity contribution in [2.24, 2.45) is 5.41 Å². The van der Waals surface area contributed by atoms with Crippen LogP contribution in [0.5, 0.6) is 0 Å². The van der Waals surface area contributed by atoms with Gasteiger partial charge in [0.25, 0.3) is 5.91 Å². The summed E-state index contributed by atoms with van der Waals surface area (Å²) in [7, 11) is 0. The number of nitrogens with one attached hydrogen (secondary N) is 1. The fourth-order valence-electron chi connectivity index (χ4n) is 2.17. The van der Waals surface area contributed by atoms with Gasteiger partial charge in [0.2, 0.25) is 5.82 Å². The molecule has 25 heavy (non-hydrogen) atoms. The summed E-state index contributed by atoms with van der Waals surface area (Å²) in [4.78, 5) is 16.6. The number of carbonyl (C=O) groups is 1. The monoisotopic (exact) mass is 348 g/mol. The molecule has 0 radical (unpaired) electrons. The first kappa shape index (κ1) is 19.1. The molecule has 1 aromatic heterocycles. The summed E-state index contributed by atoms with van der Waals surface area (Å²) in [6, 6.07) is 5.97. The Morgan fingerprint density at radius 1 is 1.36 bits per heavy atom. The highest BCUT2D eigenvalue weighted by atomic mass is 19.1. The van der Waals surface area contributed by atoms with E-state index in [0.29, 0.717) is 11.5 Å². The van der Waals surface area contributed by atoms with E-state index in [-0.39, 0.29) is 29.5 Å². The van der Waals surface area contributed by atoms with Gasteiger partial charge < -0.3 is 10.4 Å². The van der Waals surface area contributed by atoms with E-state index in [2.05, 4.69) is 15.4 Å². The van der Waals surface area contributed by atoms with Gasteiger partial charge in [0.15, 0.2) is 0 Å². The Hall–Kier alpha value is -2.28. The van der Waals surface area contributed by atoms with Crippen molar-refractivity contribution in [3.8, 4) is 5.69 Å². The molecule has 0 fully saturated rings. The van der Waals surface area contributed by atoms with Gasteiger partial charge in [-0.25, -0.2) is 14.1 Å². The molecule has 2 rings (SSSR count). The van der Waals surface area contributed by atoms with E-state index < -0.39 is 12.0 Å². The van der Waals surface area contributed by atoms with Crippen molar-refractivity contribution in [2.45, 2.75) is 46.6 Å². The topological polar surface area (TPSA) is 80.0 Å². The second kappa shape index (κ2) is 7.31. The molecule has 1 unspecified atom stereocenters. The smallest absolute Gasteiger partial charge is 0.291 e. The molecule has 1 aromatic carbocycles. The number of hydrogen-bond donors (Lipinski definition) is 2. The molecule has 0 spiro atoms. The summed E-state index contributed by atoms with van der Waals surface area (Å²) in [6.07, 6.45) is -0.689. The van der Waals surface area contributed by atoms with Crippen molar-refractivity contribution in [1.29, 1.82) is 0 Å². The fraction of sp³-hybridized carbons (Fsp3) is 0.500. The molecular formula is C18H25FN4O2. The third-order valence-electron chi connectivity index (χ3n) is 3.86. The average Bonchev–Trinajstić information content (AvgIpc) is 2.97. The van der Waals surface area contributed by atoms with Gasteiger partial charge in [-0.3, -0.25) is 4.79 Å². The number of nitrogens with zero attached hydrogens (tertiary/aromatic N) is 3. The molecule has 2 N–H and O–H groups in total. The third kappa shape index (κ3) is 4.63. The van der Waals surface area contributed by atoms with E-state index in [4.69, 9.17) is 0 Å². The van der Waals surface area contributed by atoms with Gasteiger partial charge in [0.05, 0.1) is 11.8 Å². The lowest BCUT2D eigenvalue weighted by atomic mass is 9.89. The summed E-state index contributed by atoms with van der Waals surface area (Å²) in [6.45, 7) is 9.61. The maximum atomic E-state index is 13.5. The molecule has 1 atom stereocenters. The highest BCUT2D eigenvalue weighted by Gasteiger charge is 2.24. The SMILES string of the molecule is CC(C)c1nc(C(=O)NCC(O)C(C)(C)C)nn1-c1cccc(F)c1. The summed E-state index contributed by atoms with van der Waals surface area (Å²) in [5, 5.41) is 16.9. The first-order chi connectivity index (χ1) is 11.6. The number of carbonyl (C=O) groups excluding carboxylic acids is 1. The minimum Gasteiger partial charge on any atom is -0.391 e. The van der Waals surface area contributed by atoms with Crippen LogP contribution in [0.2, 0.25) is 0 Å². The Balaban J connectivity index is 2.25. The molecule has 7 heteroatoms. The summed E-state index contributed by atoms with van der Waals surface area (Å²) in [5.41, 5.74) is 0.162. The van der Waals surface area contributed by atoms with Gasteiger partial charge in [-0.2, -0.15) is 0 Å². The Morgan fingerprint density at radius 3 is 2.60 bits per heavy atom. The summed E-state index contributed by atoms with van der Waals surface area (Å²) >= 11 is 0. The van der Waals surface area contributed by atoms with E-state index in [0.717, 1.165) is 0 Å². The van der Waals surface area contributed by atoms with E-state index >= 15 is 0 Å². The highest BCUT2D eigenvalue weighted by Crippen LogP contribution is 2.19. The van der Waals surface area contributed by atoms with E-state index in [9.17, 15) is 14.3 Å². The predicted molar refractivity (Wildman–Crippen MR) is 93.2 cm³/mol. The van der Waals surface area contributed by atoms with Crippen LogP contribution >= 0.6 is 0 Å². The number of halogens is 1. The highest BCUT2D eigenvalue weighted by molar-refractivity contribution is 5.90. The van der Waals surface area contributed by atoms with Gasteiger partial charge >= 0.3 is 0 Å². The van der Waals surface area contributed by atoms with Crippen LogP contribution in [0.25, 0.3) is 5.69 Å². The third-order valence-corrected chi connectivity index (χ3v) is 3.86. The Labute approximate surface area is 147 Å². The zero-order chi connectivity index (χ0) is 18.8. The lowest BCUT2D eigenvalue weighted by Crippen LogP contribution is -2.39. The molecule has 0 aliphatic carbocycles. The number of rotatable bonds is 5. The number of hydrogen-bond acceptors (Lipinski definition) is 4. The predicted octanol–water partition coefficient (Wildman–Crippen LogP) is 2.67. The molecule has 0 aliphatic heterocycles. The van der Waals surface area contributed by atoms with E-state index in [1.54, 1.807) is 12.1 Å². The van der Waals surface area contributed by atoms with Gasteiger partial charge in [-0.1, -0.05) is 40.7 Å². The summed E-state index contributed by atoms with van der Waals surface area (Å²) in [5.74, 6) is -0.305. The number of amides is 1. The van der Waals surface area contributed by atoms with Crippen LogP contribution in [0, 0.1) is 11.2 Å². The van der Waals surface area contributed by atoms with Gasteiger partial charge in [-0.05, 0) is 23.6 Å².